The van der Waals surface area contributed by atoms with Gasteiger partial charge in [0, 0.05) is 47.4 Å². The number of nitrogens with zero attached hydrogens (tertiary/aromatic N) is 4. The average molecular weight is 509 g/mol. The summed E-state index contributed by atoms with van der Waals surface area (Å²) in [6.45, 7) is 2.72. The number of halogens is 2. The van der Waals surface area contributed by atoms with Crippen LogP contribution in [0.5, 0.6) is 0 Å². The maximum absolute atomic E-state index is 6.04. The first kappa shape index (κ1) is 24.0. The Morgan fingerprint density at radius 3 is 1.28 bits per heavy atom. The molecule has 0 radical (unpaired) electrons. The van der Waals surface area contributed by atoms with Gasteiger partial charge in [-0.3, -0.25) is 10.9 Å². The minimum atomic E-state index is 0.0936. The van der Waals surface area contributed by atoms with Gasteiger partial charge in [0.15, 0.2) is 21.9 Å². The molecule has 32 heavy (non-hydrogen) atoms. The molecular formula is C20H22Cl2N8S2. The summed E-state index contributed by atoms with van der Waals surface area (Å²) in [4.78, 5) is 4.29. The highest BCUT2D eigenvalue weighted by molar-refractivity contribution is 7.80. The van der Waals surface area contributed by atoms with Gasteiger partial charge in [0.25, 0.3) is 0 Å². The van der Waals surface area contributed by atoms with Crippen LogP contribution in [-0.2, 0) is 0 Å². The molecule has 0 amide bonds. The Bertz CT molecular complexity index is 933. The third-order valence-corrected chi connectivity index (χ3v) is 5.31. The number of hydrazone groups is 2. The van der Waals surface area contributed by atoms with Crippen LogP contribution in [0, 0.1) is 0 Å². The van der Waals surface area contributed by atoms with Gasteiger partial charge in [0.2, 0.25) is 0 Å². The molecule has 1 fully saturated rings. The molecule has 0 bridgehead atoms. The maximum atomic E-state index is 6.04. The summed E-state index contributed by atoms with van der Waals surface area (Å²) in [5.74, 6) is 1.45. The molecule has 0 aromatic heterocycles. The van der Waals surface area contributed by atoms with Crippen molar-refractivity contribution < 1.29 is 0 Å². The van der Waals surface area contributed by atoms with Crippen molar-refractivity contribution in [1.82, 2.24) is 20.7 Å². The number of benzene rings is 2. The molecule has 3 rings (SSSR count). The predicted molar refractivity (Wildman–Crippen MR) is 139 cm³/mol. The zero-order valence-electron chi connectivity index (χ0n) is 17.0. The van der Waals surface area contributed by atoms with Crippen molar-refractivity contribution in [1.29, 1.82) is 0 Å². The van der Waals surface area contributed by atoms with Crippen LogP contribution in [0.25, 0.3) is 0 Å². The van der Waals surface area contributed by atoms with Crippen molar-refractivity contribution in [3.8, 4) is 0 Å². The molecule has 1 aliphatic heterocycles. The standard InChI is InChI=1S/C20H22Cl2N8S2/c21-15-5-1-13(2-6-15)17(25-27-19(23)31)29-9-11-30(12-10-29)18(26-28-20(24)32)14-3-7-16(22)8-4-14/h1-8H,9-12H2,(H3,23,27,31)(H3,24,28,32)/b25-17+,26-18+. The number of rotatable bonds is 4. The SMILES string of the molecule is NC(=S)N/N=C(\c1ccc(Cl)cc1)N1CCN(/C(=N/NC(N)=S)c2ccc(Cl)cc2)CC1. The van der Waals surface area contributed by atoms with Crippen LogP contribution in [-0.4, -0.2) is 57.9 Å². The van der Waals surface area contributed by atoms with Gasteiger partial charge in [-0.1, -0.05) is 23.2 Å². The van der Waals surface area contributed by atoms with Crippen LogP contribution in [0.3, 0.4) is 0 Å². The van der Waals surface area contributed by atoms with Gasteiger partial charge >= 0.3 is 0 Å². The molecule has 0 saturated carbocycles. The fraction of sp³-hybridized carbons (Fsp3) is 0.200. The van der Waals surface area contributed by atoms with E-state index in [2.05, 4.69) is 30.9 Å². The molecule has 2 aromatic carbocycles. The second-order valence-electron chi connectivity index (χ2n) is 6.81. The molecule has 12 heteroatoms. The predicted octanol–water partition coefficient (Wildman–Crippen LogP) is 2.30. The Labute approximate surface area is 207 Å². The summed E-state index contributed by atoms with van der Waals surface area (Å²) < 4.78 is 0. The van der Waals surface area contributed by atoms with Crippen molar-refractivity contribution >= 4 is 69.5 Å². The Kier molecular flexibility index (Phi) is 8.46. The summed E-state index contributed by atoms with van der Waals surface area (Å²) >= 11 is 21.9. The van der Waals surface area contributed by atoms with Crippen molar-refractivity contribution in [2.75, 3.05) is 26.2 Å². The van der Waals surface area contributed by atoms with E-state index in [0.29, 0.717) is 36.2 Å². The lowest BCUT2D eigenvalue weighted by molar-refractivity contribution is 0.258. The van der Waals surface area contributed by atoms with Gasteiger partial charge in [-0.15, -0.1) is 0 Å². The number of piperazine rings is 1. The monoisotopic (exact) mass is 508 g/mol. The van der Waals surface area contributed by atoms with E-state index >= 15 is 0 Å². The largest absolute Gasteiger partial charge is 0.375 e. The Hall–Kier alpha value is -2.66. The summed E-state index contributed by atoms with van der Waals surface area (Å²) in [6, 6.07) is 14.9. The van der Waals surface area contributed by atoms with Crippen LogP contribution < -0.4 is 22.3 Å². The Morgan fingerprint density at radius 1 is 0.688 bits per heavy atom. The number of amidine groups is 2. The molecule has 1 heterocycles. The van der Waals surface area contributed by atoms with E-state index in [4.69, 9.17) is 59.1 Å². The molecule has 0 atom stereocenters. The van der Waals surface area contributed by atoms with Gasteiger partial charge in [0.05, 0.1) is 0 Å². The normalized spacial score (nSPS) is 14.8. The lowest BCUT2D eigenvalue weighted by Crippen LogP contribution is -2.52. The molecule has 0 unspecified atom stereocenters. The fourth-order valence-corrected chi connectivity index (χ4v) is 3.52. The lowest BCUT2D eigenvalue weighted by Gasteiger charge is -2.38. The first-order chi connectivity index (χ1) is 15.3. The van der Waals surface area contributed by atoms with Crippen LogP contribution in [0.15, 0.2) is 58.7 Å². The molecule has 8 nitrogen and oxygen atoms in total. The average Bonchev–Trinajstić information content (AvgIpc) is 2.77. The zero-order valence-corrected chi connectivity index (χ0v) is 20.1. The summed E-state index contributed by atoms with van der Waals surface area (Å²) in [5.41, 5.74) is 18.3. The quantitative estimate of drug-likeness (QED) is 0.215. The number of thiocarbonyl (C=S) groups is 2. The second-order valence-corrected chi connectivity index (χ2v) is 8.56. The van der Waals surface area contributed by atoms with Gasteiger partial charge in [-0.2, -0.15) is 10.2 Å². The third kappa shape index (κ3) is 6.67. The molecule has 6 N–H and O–H groups in total. The zero-order chi connectivity index (χ0) is 23.1. The van der Waals surface area contributed by atoms with Gasteiger partial charge in [-0.05, 0) is 73.0 Å². The van der Waals surface area contributed by atoms with Crippen LogP contribution in [0.1, 0.15) is 11.1 Å². The first-order valence-electron chi connectivity index (χ1n) is 9.61. The number of hydrogen-bond donors (Lipinski definition) is 4. The molecule has 2 aromatic rings. The van der Waals surface area contributed by atoms with E-state index in [-0.39, 0.29) is 10.2 Å². The third-order valence-electron chi connectivity index (χ3n) is 4.63. The van der Waals surface area contributed by atoms with E-state index in [1.54, 1.807) is 0 Å². The minimum absolute atomic E-state index is 0.0936. The highest BCUT2D eigenvalue weighted by Crippen LogP contribution is 2.17. The van der Waals surface area contributed by atoms with Crippen LogP contribution in [0.2, 0.25) is 10.0 Å². The molecule has 0 aliphatic carbocycles. The Morgan fingerprint density at radius 2 is 1.00 bits per heavy atom. The second kappa shape index (κ2) is 11.3. The highest BCUT2D eigenvalue weighted by Gasteiger charge is 2.24. The molecular weight excluding hydrogens is 487 g/mol. The van der Waals surface area contributed by atoms with Crippen LogP contribution in [0.4, 0.5) is 0 Å². The molecule has 1 aliphatic rings. The summed E-state index contributed by atoms with van der Waals surface area (Å²) in [5, 5.41) is 10.3. The fourth-order valence-electron chi connectivity index (χ4n) is 3.18. The topological polar surface area (TPSA) is 107 Å². The van der Waals surface area contributed by atoms with Crippen molar-refractivity contribution in [3.05, 3.63) is 69.7 Å². The van der Waals surface area contributed by atoms with Gasteiger partial charge in [-0.25, -0.2) is 0 Å². The van der Waals surface area contributed by atoms with E-state index in [9.17, 15) is 0 Å². The molecule has 0 spiro atoms. The number of nitrogens with two attached hydrogens (primary N) is 2. The first-order valence-corrected chi connectivity index (χ1v) is 11.2. The Balaban J connectivity index is 1.80. The van der Waals surface area contributed by atoms with E-state index in [1.807, 2.05) is 48.5 Å². The number of hydrogen-bond acceptors (Lipinski definition) is 4. The maximum Gasteiger partial charge on any atom is 0.184 e. The summed E-state index contributed by atoms with van der Waals surface area (Å²) in [7, 11) is 0. The summed E-state index contributed by atoms with van der Waals surface area (Å²) in [6.07, 6.45) is 0. The van der Waals surface area contributed by atoms with Gasteiger partial charge < -0.3 is 21.3 Å². The van der Waals surface area contributed by atoms with Gasteiger partial charge in [0.1, 0.15) is 0 Å². The highest BCUT2D eigenvalue weighted by atomic mass is 35.5. The smallest absolute Gasteiger partial charge is 0.184 e. The molecule has 1 saturated heterocycles. The number of nitrogens with one attached hydrogen (secondary N) is 2. The van der Waals surface area contributed by atoms with Crippen molar-refractivity contribution in [2.24, 2.45) is 21.7 Å². The van der Waals surface area contributed by atoms with E-state index < -0.39 is 0 Å². The lowest BCUT2D eigenvalue weighted by atomic mass is 10.1. The van der Waals surface area contributed by atoms with E-state index in [1.165, 1.54) is 0 Å². The van der Waals surface area contributed by atoms with Crippen LogP contribution >= 0.6 is 47.6 Å². The minimum Gasteiger partial charge on any atom is -0.375 e. The van der Waals surface area contributed by atoms with Crippen molar-refractivity contribution in [3.63, 3.8) is 0 Å². The van der Waals surface area contributed by atoms with Crippen molar-refractivity contribution in [2.45, 2.75) is 0 Å². The van der Waals surface area contributed by atoms with E-state index in [0.717, 1.165) is 22.8 Å². The molecule has 168 valence electrons.